The Balaban J connectivity index is 2.73. The highest BCUT2D eigenvalue weighted by molar-refractivity contribution is 5.10. The van der Waals surface area contributed by atoms with Gasteiger partial charge in [0, 0.05) is 31.3 Å². The predicted octanol–water partition coefficient (Wildman–Crippen LogP) is 3.27. The molecule has 7 unspecified atom stereocenters. The summed E-state index contributed by atoms with van der Waals surface area (Å²) in [6.07, 6.45) is 6.47. The smallest absolute Gasteiger partial charge is 0.0741 e. The molecule has 0 aliphatic carbocycles. The molecule has 0 radical (unpaired) electrons. The van der Waals surface area contributed by atoms with Crippen molar-refractivity contribution in [3.8, 4) is 0 Å². The maximum atomic E-state index is 5.87. The molecule has 1 heterocycles. The highest BCUT2D eigenvalue weighted by atomic mass is 16.5. The molecule has 0 saturated carbocycles. The van der Waals surface area contributed by atoms with Crippen LogP contribution in [0.3, 0.4) is 0 Å². The highest BCUT2D eigenvalue weighted by Crippen LogP contribution is 2.40. The minimum atomic E-state index is 0.389. The first-order chi connectivity index (χ1) is 11.5. The first-order valence-corrected chi connectivity index (χ1v) is 10.1. The Morgan fingerprint density at radius 2 is 1.67 bits per heavy atom. The van der Waals surface area contributed by atoms with Gasteiger partial charge >= 0.3 is 0 Å². The van der Waals surface area contributed by atoms with Crippen LogP contribution < -0.4 is 10.6 Å². The zero-order valence-electron chi connectivity index (χ0n) is 17.4. The number of unbranched alkanes of at least 4 members (excludes halogenated alkanes) is 1. The van der Waals surface area contributed by atoms with E-state index in [0.29, 0.717) is 42.2 Å². The van der Waals surface area contributed by atoms with Crippen molar-refractivity contribution in [2.24, 2.45) is 5.92 Å². The van der Waals surface area contributed by atoms with Crippen LogP contribution >= 0.6 is 0 Å². The summed E-state index contributed by atoms with van der Waals surface area (Å²) in [6.45, 7) is 11.6. The molecule has 1 fully saturated rings. The van der Waals surface area contributed by atoms with E-state index in [1.807, 2.05) is 7.11 Å². The number of nitrogens with one attached hydrogen (secondary N) is 2. The van der Waals surface area contributed by atoms with Crippen LogP contribution in [-0.2, 0) is 4.74 Å². The van der Waals surface area contributed by atoms with Gasteiger partial charge in [0.05, 0.1) is 12.1 Å². The second kappa shape index (κ2) is 10.7. The quantitative estimate of drug-likeness (QED) is 0.504. The van der Waals surface area contributed by atoms with Gasteiger partial charge < -0.3 is 15.4 Å². The van der Waals surface area contributed by atoms with Crippen LogP contribution in [0.4, 0.5) is 0 Å². The van der Waals surface area contributed by atoms with Crippen LogP contribution in [0.2, 0.25) is 0 Å². The van der Waals surface area contributed by atoms with Crippen LogP contribution in [0.5, 0.6) is 0 Å². The third-order valence-corrected chi connectivity index (χ3v) is 6.08. The average molecular weight is 342 g/mol. The van der Waals surface area contributed by atoms with Gasteiger partial charge in [-0.15, -0.1) is 0 Å². The molecule has 0 spiro atoms. The highest BCUT2D eigenvalue weighted by Gasteiger charge is 2.53. The Hall–Kier alpha value is -0.160. The molecule has 1 aliphatic heterocycles. The van der Waals surface area contributed by atoms with E-state index in [-0.39, 0.29) is 0 Å². The number of hydrogen-bond donors (Lipinski definition) is 2. The van der Waals surface area contributed by atoms with Gasteiger partial charge in [-0.2, -0.15) is 0 Å². The Morgan fingerprint density at radius 1 is 1.04 bits per heavy atom. The summed E-state index contributed by atoms with van der Waals surface area (Å²) in [7, 11) is 6.08. The molecule has 1 saturated heterocycles. The summed E-state index contributed by atoms with van der Waals surface area (Å²) in [5.74, 6) is 0.654. The van der Waals surface area contributed by atoms with Gasteiger partial charge in [0.15, 0.2) is 0 Å². The molecule has 4 nitrogen and oxygen atoms in total. The average Bonchev–Trinajstić information content (AvgIpc) is 3.30. The molecule has 24 heavy (non-hydrogen) atoms. The van der Waals surface area contributed by atoms with Crippen molar-refractivity contribution in [2.45, 2.75) is 103 Å². The lowest BCUT2D eigenvalue weighted by Crippen LogP contribution is -2.47. The van der Waals surface area contributed by atoms with Crippen LogP contribution in [0, 0.1) is 5.92 Å². The zero-order valence-corrected chi connectivity index (χ0v) is 17.4. The lowest BCUT2D eigenvalue weighted by atomic mass is 9.93. The molecule has 4 heteroatoms. The molecule has 144 valence electrons. The van der Waals surface area contributed by atoms with Crippen molar-refractivity contribution in [3.05, 3.63) is 0 Å². The van der Waals surface area contributed by atoms with E-state index in [4.69, 9.17) is 4.74 Å². The van der Waals surface area contributed by atoms with Crippen LogP contribution in [0.15, 0.2) is 0 Å². The van der Waals surface area contributed by atoms with Gasteiger partial charge in [-0.25, -0.2) is 0 Å². The third kappa shape index (κ3) is 5.42. The van der Waals surface area contributed by atoms with Gasteiger partial charge in [0.2, 0.25) is 0 Å². The number of hydrogen-bond acceptors (Lipinski definition) is 4. The SMILES string of the molecule is CCCCC(OC)C1C(CC)N1C(C)C(CC(NC)C(C)C)NC. The zero-order chi connectivity index (χ0) is 18.3. The molecule has 0 aromatic carbocycles. The largest absolute Gasteiger partial charge is 0.380 e. The first kappa shape index (κ1) is 21.9. The standard InChI is InChI=1S/C20H43N3O/c1-9-11-12-19(24-8)20-18(10-2)23(20)15(5)17(22-7)13-16(21-6)14(3)4/h14-22H,9-13H2,1-8H3. The fraction of sp³-hybridized carbons (Fsp3) is 1.00. The minimum Gasteiger partial charge on any atom is -0.380 e. The molecule has 0 aromatic heterocycles. The number of methoxy groups -OCH3 is 1. The van der Waals surface area contributed by atoms with Crippen molar-refractivity contribution in [1.29, 1.82) is 0 Å². The van der Waals surface area contributed by atoms with Crippen molar-refractivity contribution in [3.63, 3.8) is 0 Å². The van der Waals surface area contributed by atoms with Crippen LogP contribution in [0.25, 0.3) is 0 Å². The van der Waals surface area contributed by atoms with Crippen molar-refractivity contribution in [1.82, 2.24) is 15.5 Å². The Bertz CT molecular complexity index is 337. The Labute approximate surface area is 151 Å². The lowest BCUT2D eigenvalue weighted by molar-refractivity contribution is 0.0745. The number of rotatable bonds is 13. The fourth-order valence-electron chi connectivity index (χ4n) is 4.38. The molecule has 0 aromatic rings. The maximum Gasteiger partial charge on any atom is 0.0741 e. The van der Waals surface area contributed by atoms with Gasteiger partial charge in [-0.1, -0.05) is 40.5 Å². The third-order valence-electron chi connectivity index (χ3n) is 6.08. The van der Waals surface area contributed by atoms with E-state index in [0.717, 1.165) is 6.42 Å². The van der Waals surface area contributed by atoms with Gasteiger partial charge in [0.1, 0.15) is 0 Å². The second-order valence-electron chi connectivity index (χ2n) is 7.84. The Morgan fingerprint density at radius 3 is 2.08 bits per heavy atom. The van der Waals surface area contributed by atoms with Crippen LogP contribution in [0.1, 0.15) is 66.7 Å². The maximum absolute atomic E-state index is 5.87. The number of likely N-dealkylation sites (N-methyl/N-ethyl adjacent to an activating group) is 1. The summed E-state index contributed by atoms with van der Waals surface area (Å²) < 4.78 is 5.87. The molecule has 1 rings (SSSR count). The van der Waals surface area contributed by atoms with E-state index in [9.17, 15) is 0 Å². The molecule has 1 aliphatic rings. The first-order valence-electron chi connectivity index (χ1n) is 10.1. The normalized spacial score (nSPS) is 28.6. The molecule has 2 N–H and O–H groups in total. The van der Waals surface area contributed by atoms with Gasteiger partial charge in [-0.05, 0) is 46.2 Å². The molecule has 7 atom stereocenters. The van der Waals surface area contributed by atoms with Crippen molar-refractivity contribution < 1.29 is 4.74 Å². The van der Waals surface area contributed by atoms with E-state index in [2.05, 4.69) is 64.2 Å². The summed E-state index contributed by atoms with van der Waals surface area (Å²) >= 11 is 0. The summed E-state index contributed by atoms with van der Waals surface area (Å²) in [4.78, 5) is 2.71. The monoisotopic (exact) mass is 341 g/mol. The minimum absolute atomic E-state index is 0.389. The van der Waals surface area contributed by atoms with E-state index < -0.39 is 0 Å². The molecule has 0 bridgehead atoms. The molecular weight excluding hydrogens is 298 g/mol. The van der Waals surface area contributed by atoms with Crippen molar-refractivity contribution >= 4 is 0 Å². The van der Waals surface area contributed by atoms with E-state index >= 15 is 0 Å². The number of nitrogens with zero attached hydrogens (tertiary/aromatic N) is 1. The van der Waals surface area contributed by atoms with Gasteiger partial charge in [-0.3, -0.25) is 4.90 Å². The summed E-state index contributed by atoms with van der Waals surface area (Å²) in [5.41, 5.74) is 0. The van der Waals surface area contributed by atoms with Gasteiger partial charge in [0.25, 0.3) is 0 Å². The lowest BCUT2D eigenvalue weighted by Gasteiger charge is -2.31. The summed E-state index contributed by atoms with van der Waals surface area (Å²) in [5, 5.41) is 7.08. The Kier molecular flexibility index (Phi) is 9.80. The molecule has 0 amide bonds. The second-order valence-corrected chi connectivity index (χ2v) is 7.84. The predicted molar refractivity (Wildman–Crippen MR) is 105 cm³/mol. The topological polar surface area (TPSA) is 36.3 Å². The molecular formula is C20H43N3O. The summed E-state index contributed by atoms with van der Waals surface area (Å²) in [6, 6.07) is 2.89. The van der Waals surface area contributed by atoms with Crippen LogP contribution in [-0.4, -0.2) is 62.4 Å². The fourth-order valence-corrected chi connectivity index (χ4v) is 4.38. The van der Waals surface area contributed by atoms with E-state index in [1.54, 1.807) is 0 Å². The van der Waals surface area contributed by atoms with Crippen molar-refractivity contribution in [2.75, 3.05) is 21.2 Å². The van der Waals surface area contributed by atoms with E-state index in [1.165, 1.54) is 25.7 Å². The number of ether oxygens (including phenoxy) is 1.